The van der Waals surface area contributed by atoms with Gasteiger partial charge in [-0.3, -0.25) is 9.69 Å². The maximum absolute atomic E-state index is 11.2. The molecule has 0 bridgehead atoms. The maximum atomic E-state index is 11.2. The first-order valence-electron chi connectivity index (χ1n) is 4.52. The number of ketones is 1. The number of hydrogen-bond donors (Lipinski definition) is 0. The van der Waals surface area contributed by atoms with Crippen LogP contribution in [0.25, 0.3) is 0 Å². The van der Waals surface area contributed by atoms with E-state index in [0.717, 1.165) is 19.6 Å². The molecule has 0 aromatic heterocycles. The van der Waals surface area contributed by atoms with Crippen molar-refractivity contribution in [3.8, 4) is 0 Å². The summed E-state index contributed by atoms with van der Waals surface area (Å²) in [5, 5.41) is 0. The van der Waals surface area contributed by atoms with Gasteiger partial charge in [0, 0.05) is 13.5 Å². The topological polar surface area (TPSA) is 29.5 Å². The van der Waals surface area contributed by atoms with Crippen LogP contribution in [-0.2, 0) is 9.53 Å². The SMILES string of the molecule is COCC12CCCN1CC(=O)C2. The molecule has 2 saturated heterocycles. The fourth-order valence-electron chi connectivity index (χ4n) is 2.56. The quantitative estimate of drug-likeness (QED) is 0.600. The van der Waals surface area contributed by atoms with Gasteiger partial charge in [0.2, 0.25) is 0 Å². The van der Waals surface area contributed by atoms with Crippen molar-refractivity contribution in [2.75, 3.05) is 26.8 Å². The van der Waals surface area contributed by atoms with Gasteiger partial charge in [0.15, 0.2) is 0 Å². The summed E-state index contributed by atoms with van der Waals surface area (Å²) in [5.74, 6) is 0.381. The molecule has 0 N–H and O–H groups in total. The van der Waals surface area contributed by atoms with Crippen LogP contribution in [0.3, 0.4) is 0 Å². The number of Topliss-reactive ketones (excluding diaryl/α,β-unsaturated/α-hetero) is 1. The Hall–Kier alpha value is -0.410. The van der Waals surface area contributed by atoms with Crippen molar-refractivity contribution < 1.29 is 9.53 Å². The molecule has 0 spiro atoms. The van der Waals surface area contributed by atoms with Gasteiger partial charge in [0.1, 0.15) is 5.78 Å². The van der Waals surface area contributed by atoms with Crippen LogP contribution in [0.5, 0.6) is 0 Å². The van der Waals surface area contributed by atoms with Crippen LogP contribution >= 0.6 is 0 Å². The van der Waals surface area contributed by atoms with Gasteiger partial charge in [0.05, 0.1) is 18.7 Å². The summed E-state index contributed by atoms with van der Waals surface area (Å²) in [7, 11) is 1.72. The molecule has 0 aromatic carbocycles. The summed E-state index contributed by atoms with van der Waals surface area (Å²) in [6.07, 6.45) is 3.06. The Balaban J connectivity index is 2.14. The highest BCUT2D eigenvalue weighted by molar-refractivity contribution is 5.84. The van der Waals surface area contributed by atoms with Crippen LogP contribution < -0.4 is 0 Å². The molecule has 2 aliphatic heterocycles. The highest BCUT2D eigenvalue weighted by Crippen LogP contribution is 2.37. The van der Waals surface area contributed by atoms with E-state index >= 15 is 0 Å². The third-order valence-electron chi connectivity index (χ3n) is 3.05. The van der Waals surface area contributed by atoms with Gasteiger partial charge in [0.25, 0.3) is 0 Å². The first-order chi connectivity index (χ1) is 5.77. The van der Waals surface area contributed by atoms with Crippen molar-refractivity contribution >= 4 is 5.78 Å². The van der Waals surface area contributed by atoms with Crippen molar-refractivity contribution in [2.45, 2.75) is 24.8 Å². The molecule has 0 aliphatic carbocycles. The van der Waals surface area contributed by atoms with Crippen LogP contribution in [0.1, 0.15) is 19.3 Å². The van der Waals surface area contributed by atoms with Gasteiger partial charge in [-0.2, -0.15) is 0 Å². The molecule has 0 saturated carbocycles. The summed E-state index contributed by atoms with van der Waals surface area (Å²) in [5.41, 5.74) is 0.0891. The molecule has 3 heteroatoms. The number of ether oxygens (including phenoxy) is 1. The summed E-state index contributed by atoms with van der Waals surface area (Å²) in [4.78, 5) is 13.5. The number of fused-ring (bicyclic) bond motifs is 1. The van der Waals surface area contributed by atoms with E-state index in [4.69, 9.17) is 4.74 Å². The molecule has 0 amide bonds. The monoisotopic (exact) mass is 169 g/mol. The normalized spacial score (nSPS) is 35.9. The number of methoxy groups -OCH3 is 1. The van der Waals surface area contributed by atoms with E-state index in [1.165, 1.54) is 6.42 Å². The highest BCUT2D eigenvalue weighted by atomic mass is 16.5. The van der Waals surface area contributed by atoms with Gasteiger partial charge in [-0.25, -0.2) is 0 Å². The Bertz CT molecular complexity index is 205. The molecule has 1 atom stereocenters. The fourth-order valence-corrected chi connectivity index (χ4v) is 2.56. The van der Waals surface area contributed by atoms with Crippen molar-refractivity contribution in [1.29, 1.82) is 0 Å². The van der Waals surface area contributed by atoms with E-state index < -0.39 is 0 Å². The predicted molar refractivity (Wildman–Crippen MR) is 45.0 cm³/mol. The van der Waals surface area contributed by atoms with E-state index in [1.54, 1.807) is 7.11 Å². The third kappa shape index (κ3) is 1.08. The first-order valence-corrected chi connectivity index (χ1v) is 4.52. The molecule has 68 valence electrons. The van der Waals surface area contributed by atoms with E-state index in [9.17, 15) is 4.79 Å². The molecule has 2 aliphatic rings. The zero-order valence-corrected chi connectivity index (χ0v) is 7.51. The Morgan fingerprint density at radius 1 is 1.67 bits per heavy atom. The van der Waals surface area contributed by atoms with Crippen molar-refractivity contribution in [3.63, 3.8) is 0 Å². The van der Waals surface area contributed by atoms with E-state index in [0.29, 0.717) is 18.7 Å². The Labute approximate surface area is 72.7 Å². The Morgan fingerprint density at radius 2 is 2.50 bits per heavy atom. The third-order valence-corrected chi connectivity index (χ3v) is 3.05. The second-order valence-electron chi connectivity index (χ2n) is 3.90. The standard InChI is InChI=1S/C9H15NO2/c1-12-7-9-3-2-4-10(9)6-8(11)5-9/h2-7H2,1H3. The Kier molecular flexibility index (Phi) is 1.93. The van der Waals surface area contributed by atoms with Gasteiger partial charge < -0.3 is 4.74 Å². The minimum Gasteiger partial charge on any atom is -0.383 e. The van der Waals surface area contributed by atoms with Crippen LogP contribution in [-0.4, -0.2) is 43.0 Å². The van der Waals surface area contributed by atoms with Gasteiger partial charge >= 0.3 is 0 Å². The smallest absolute Gasteiger partial charge is 0.148 e. The molecule has 0 radical (unpaired) electrons. The molecule has 2 heterocycles. The van der Waals surface area contributed by atoms with Crippen LogP contribution in [0.2, 0.25) is 0 Å². The zero-order chi connectivity index (χ0) is 8.60. The number of nitrogens with zero attached hydrogens (tertiary/aromatic N) is 1. The minimum absolute atomic E-state index is 0.0891. The first kappa shape index (κ1) is 8.20. The van der Waals surface area contributed by atoms with Crippen LogP contribution in [0.4, 0.5) is 0 Å². The van der Waals surface area contributed by atoms with E-state index in [1.807, 2.05) is 0 Å². The van der Waals surface area contributed by atoms with E-state index in [-0.39, 0.29) is 5.54 Å². The number of rotatable bonds is 2. The molecular weight excluding hydrogens is 154 g/mol. The largest absolute Gasteiger partial charge is 0.383 e. The lowest BCUT2D eigenvalue weighted by molar-refractivity contribution is -0.117. The average molecular weight is 169 g/mol. The Morgan fingerprint density at radius 3 is 3.25 bits per heavy atom. The molecule has 2 rings (SSSR count). The molecular formula is C9H15NO2. The number of carbonyl (C=O) groups excluding carboxylic acids is 1. The molecule has 3 nitrogen and oxygen atoms in total. The van der Waals surface area contributed by atoms with Crippen molar-refractivity contribution in [1.82, 2.24) is 4.90 Å². The lowest BCUT2D eigenvalue weighted by Gasteiger charge is -2.29. The molecule has 1 unspecified atom stereocenters. The predicted octanol–water partition coefficient (Wildman–Crippen LogP) is 0.440. The van der Waals surface area contributed by atoms with Crippen LogP contribution in [0.15, 0.2) is 0 Å². The summed E-state index contributed by atoms with van der Waals surface area (Å²) >= 11 is 0. The summed E-state index contributed by atoms with van der Waals surface area (Å²) in [6, 6.07) is 0. The van der Waals surface area contributed by atoms with Crippen molar-refractivity contribution in [3.05, 3.63) is 0 Å². The zero-order valence-electron chi connectivity index (χ0n) is 7.51. The maximum Gasteiger partial charge on any atom is 0.148 e. The van der Waals surface area contributed by atoms with Crippen LogP contribution in [0, 0.1) is 0 Å². The average Bonchev–Trinajstić information content (AvgIpc) is 2.44. The lowest BCUT2D eigenvalue weighted by atomic mass is 9.95. The lowest BCUT2D eigenvalue weighted by Crippen LogP contribution is -2.42. The van der Waals surface area contributed by atoms with Gasteiger partial charge in [-0.05, 0) is 19.4 Å². The van der Waals surface area contributed by atoms with Gasteiger partial charge in [-0.1, -0.05) is 0 Å². The summed E-state index contributed by atoms with van der Waals surface area (Å²) in [6.45, 7) is 2.46. The van der Waals surface area contributed by atoms with Crippen molar-refractivity contribution in [2.24, 2.45) is 0 Å². The molecule has 2 fully saturated rings. The van der Waals surface area contributed by atoms with Gasteiger partial charge in [-0.15, -0.1) is 0 Å². The highest BCUT2D eigenvalue weighted by Gasteiger charge is 2.47. The minimum atomic E-state index is 0.0891. The molecule has 12 heavy (non-hydrogen) atoms. The number of carbonyl (C=O) groups is 1. The second-order valence-corrected chi connectivity index (χ2v) is 3.90. The van der Waals surface area contributed by atoms with E-state index in [2.05, 4.69) is 4.90 Å². The summed E-state index contributed by atoms with van der Waals surface area (Å²) < 4.78 is 5.18. The molecule has 0 aromatic rings. The fraction of sp³-hybridized carbons (Fsp3) is 0.889. The number of hydrogen-bond acceptors (Lipinski definition) is 3. The second kappa shape index (κ2) is 2.82.